The minimum Gasteiger partial charge on any atom is -0.388 e. The fourth-order valence-corrected chi connectivity index (χ4v) is 1.22. The third-order valence-electron chi connectivity index (χ3n) is 2.13. The number of allylic oxidation sites excluding steroid dienone is 2. The van der Waals surface area contributed by atoms with E-state index in [1.807, 2.05) is 31.3 Å². The number of hydrogen-bond acceptors (Lipinski definition) is 2. The van der Waals surface area contributed by atoms with Crippen LogP contribution in [-0.2, 0) is 4.79 Å². The van der Waals surface area contributed by atoms with E-state index in [0.29, 0.717) is 5.57 Å². The van der Waals surface area contributed by atoms with E-state index in [2.05, 4.69) is 23.8 Å². The summed E-state index contributed by atoms with van der Waals surface area (Å²) >= 11 is 0. The fraction of sp³-hybridized carbons (Fsp3) is 0.0714. The van der Waals surface area contributed by atoms with Gasteiger partial charge in [-0.2, -0.15) is 0 Å². The van der Waals surface area contributed by atoms with Crippen molar-refractivity contribution in [1.29, 1.82) is 0 Å². The van der Waals surface area contributed by atoms with Crippen molar-refractivity contribution in [3.63, 3.8) is 0 Å². The van der Waals surface area contributed by atoms with E-state index < -0.39 is 0 Å². The lowest BCUT2D eigenvalue weighted by atomic mass is 10.2. The topological polar surface area (TPSA) is 41.1 Å². The Morgan fingerprint density at radius 1 is 1.35 bits per heavy atom. The summed E-state index contributed by atoms with van der Waals surface area (Å²) in [5, 5.41) is 5.76. The van der Waals surface area contributed by atoms with E-state index in [4.69, 9.17) is 0 Å². The summed E-state index contributed by atoms with van der Waals surface area (Å²) in [4.78, 5) is 11.7. The predicted molar refractivity (Wildman–Crippen MR) is 73.1 cm³/mol. The third kappa shape index (κ3) is 3.99. The van der Waals surface area contributed by atoms with Crippen LogP contribution in [0.2, 0.25) is 0 Å². The van der Waals surface area contributed by atoms with Crippen LogP contribution in [0.15, 0.2) is 61.2 Å². The number of benzene rings is 1. The summed E-state index contributed by atoms with van der Waals surface area (Å²) < 4.78 is 0. The molecule has 0 heterocycles. The second-order valence-electron chi connectivity index (χ2n) is 3.40. The summed E-state index contributed by atoms with van der Waals surface area (Å²) in [6, 6.07) is 7.46. The maximum atomic E-state index is 11.7. The molecule has 17 heavy (non-hydrogen) atoms. The summed E-state index contributed by atoms with van der Waals surface area (Å²) in [6.07, 6.45) is 4.89. The fourth-order valence-electron chi connectivity index (χ4n) is 1.22. The second-order valence-corrected chi connectivity index (χ2v) is 3.40. The van der Waals surface area contributed by atoms with Crippen LogP contribution in [0, 0.1) is 0 Å². The molecule has 0 aromatic heterocycles. The van der Waals surface area contributed by atoms with Gasteiger partial charge < -0.3 is 10.6 Å². The van der Waals surface area contributed by atoms with Crippen LogP contribution in [0.3, 0.4) is 0 Å². The average Bonchev–Trinajstić information content (AvgIpc) is 2.36. The number of rotatable bonds is 5. The van der Waals surface area contributed by atoms with Gasteiger partial charge in [0.15, 0.2) is 0 Å². The number of anilines is 2. The Morgan fingerprint density at radius 2 is 2.06 bits per heavy atom. The second kappa shape index (κ2) is 6.33. The molecule has 0 unspecified atom stereocenters. The molecule has 0 aliphatic rings. The van der Waals surface area contributed by atoms with E-state index in [1.54, 1.807) is 18.2 Å². The van der Waals surface area contributed by atoms with Crippen LogP contribution in [-0.4, -0.2) is 13.0 Å². The highest BCUT2D eigenvalue weighted by molar-refractivity contribution is 6.05. The van der Waals surface area contributed by atoms with Crippen molar-refractivity contribution in [3.05, 3.63) is 61.2 Å². The zero-order valence-electron chi connectivity index (χ0n) is 9.86. The first-order valence-corrected chi connectivity index (χ1v) is 5.24. The standard InChI is InChI=1S/C14H16N2O/c1-4-5-7-11(2)14(17)16-13-9-6-8-12(10-13)15-3/h4-10,15H,1-2H2,3H3,(H,16,17)/b7-5-. The summed E-state index contributed by atoms with van der Waals surface area (Å²) in [6.45, 7) is 7.20. The zero-order chi connectivity index (χ0) is 12.7. The molecular formula is C14H16N2O. The van der Waals surface area contributed by atoms with E-state index in [0.717, 1.165) is 11.4 Å². The van der Waals surface area contributed by atoms with Crippen LogP contribution in [0.25, 0.3) is 0 Å². The molecule has 1 amide bonds. The Hall–Kier alpha value is -2.29. The van der Waals surface area contributed by atoms with Gasteiger partial charge in [-0.15, -0.1) is 0 Å². The largest absolute Gasteiger partial charge is 0.388 e. The number of carbonyl (C=O) groups is 1. The lowest BCUT2D eigenvalue weighted by Gasteiger charge is -2.06. The highest BCUT2D eigenvalue weighted by Gasteiger charge is 2.04. The third-order valence-corrected chi connectivity index (χ3v) is 2.13. The molecule has 0 bridgehead atoms. The minimum atomic E-state index is -0.226. The quantitative estimate of drug-likeness (QED) is 0.601. The van der Waals surface area contributed by atoms with Gasteiger partial charge in [0.05, 0.1) is 0 Å². The number of hydrogen-bond donors (Lipinski definition) is 2. The molecular weight excluding hydrogens is 212 g/mol. The molecule has 1 rings (SSSR count). The normalized spacial score (nSPS) is 9.94. The Kier molecular flexibility index (Phi) is 4.76. The molecule has 0 aliphatic carbocycles. The minimum absolute atomic E-state index is 0.226. The van der Waals surface area contributed by atoms with Gasteiger partial charge >= 0.3 is 0 Å². The molecule has 88 valence electrons. The van der Waals surface area contributed by atoms with Crippen molar-refractivity contribution >= 4 is 17.3 Å². The first kappa shape index (κ1) is 12.8. The van der Waals surface area contributed by atoms with E-state index in [-0.39, 0.29) is 5.91 Å². The lowest BCUT2D eigenvalue weighted by molar-refractivity contribution is -0.112. The van der Waals surface area contributed by atoms with Crippen molar-refractivity contribution in [2.75, 3.05) is 17.7 Å². The van der Waals surface area contributed by atoms with Gasteiger partial charge in [-0.3, -0.25) is 4.79 Å². The molecule has 1 aromatic carbocycles. The zero-order valence-corrected chi connectivity index (χ0v) is 9.86. The van der Waals surface area contributed by atoms with Crippen molar-refractivity contribution < 1.29 is 4.79 Å². The highest BCUT2D eigenvalue weighted by atomic mass is 16.1. The molecule has 0 spiro atoms. The lowest BCUT2D eigenvalue weighted by Crippen LogP contribution is -2.12. The summed E-state index contributed by atoms with van der Waals surface area (Å²) in [5.74, 6) is -0.226. The predicted octanol–water partition coefficient (Wildman–Crippen LogP) is 2.97. The maximum Gasteiger partial charge on any atom is 0.255 e. The van der Waals surface area contributed by atoms with Gasteiger partial charge in [0.25, 0.3) is 5.91 Å². The first-order chi connectivity index (χ1) is 8.17. The van der Waals surface area contributed by atoms with Gasteiger partial charge in [0.2, 0.25) is 0 Å². The van der Waals surface area contributed by atoms with Crippen LogP contribution in [0.4, 0.5) is 11.4 Å². The van der Waals surface area contributed by atoms with E-state index >= 15 is 0 Å². The van der Waals surface area contributed by atoms with Crippen molar-refractivity contribution in [3.8, 4) is 0 Å². The van der Waals surface area contributed by atoms with Crippen LogP contribution in [0.1, 0.15) is 0 Å². The highest BCUT2D eigenvalue weighted by Crippen LogP contribution is 2.15. The summed E-state index contributed by atoms with van der Waals surface area (Å²) in [5.41, 5.74) is 2.06. The summed E-state index contributed by atoms with van der Waals surface area (Å²) in [7, 11) is 1.83. The van der Waals surface area contributed by atoms with Gasteiger partial charge in [-0.1, -0.05) is 37.5 Å². The molecule has 0 aliphatic heterocycles. The monoisotopic (exact) mass is 228 g/mol. The molecule has 2 N–H and O–H groups in total. The Morgan fingerprint density at radius 3 is 2.71 bits per heavy atom. The van der Waals surface area contributed by atoms with Crippen molar-refractivity contribution in [1.82, 2.24) is 0 Å². The Balaban J connectivity index is 2.70. The molecule has 0 fully saturated rings. The van der Waals surface area contributed by atoms with Crippen LogP contribution < -0.4 is 10.6 Å². The Labute approximate surface area is 102 Å². The van der Waals surface area contributed by atoms with Crippen molar-refractivity contribution in [2.24, 2.45) is 0 Å². The molecule has 0 atom stereocenters. The first-order valence-electron chi connectivity index (χ1n) is 5.24. The molecule has 0 radical (unpaired) electrons. The van der Waals surface area contributed by atoms with E-state index in [1.165, 1.54) is 0 Å². The molecule has 1 aromatic rings. The SMILES string of the molecule is C=C/C=C\C(=C)C(=O)Nc1cccc(NC)c1. The number of nitrogens with one attached hydrogen (secondary N) is 2. The van der Waals surface area contributed by atoms with Crippen molar-refractivity contribution in [2.45, 2.75) is 0 Å². The molecule has 3 nitrogen and oxygen atoms in total. The van der Waals surface area contributed by atoms with E-state index in [9.17, 15) is 4.79 Å². The van der Waals surface area contributed by atoms with Crippen LogP contribution >= 0.6 is 0 Å². The van der Waals surface area contributed by atoms with Gasteiger partial charge in [0.1, 0.15) is 0 Å². The Bertz CT molecular complexity index is 461. The van der Waals surface area contributed by atoms with Crippen LogP contribution in [0.5, 0.6) is 0 Å². The van der Waals surface area contributed by atoms with Gasteiger partial charge in [-0.25, -0.2) is 0 Å². The maximum absolute atomic E-state index is 11.7. The number of carbonyl (C=O) groups excluding carboxylic acids is 1. The smallest absolute Gasteiger partial charge is 0.255 e. The molecule has 0 saturated heterocycles. The molecule has 0 saturated carbocycles. The molecule has 3 heteroatoms. The number of amides is 1. The van der Waals surface area contributed by atoms with Gasteiger partial charge in [0, 0.05) is 24.0 Å². The van der Waals surface area contributed by atoms with Gasteiger partial charge in [-0.05, 0) is 18.2 Å². The average molecular weight is 228 g/mol.